The van der Waals surface area contributed by atoms with Crippen LogP contribution in [0.2, 0.25) is 0 Å². The summed E-state index contributed by atoms with van der Waals surface area (Å²) in [7, 11) is 0. The molecule has 3 heteroatoms. The SMILES string of the molecule is Cc1ccc(C(C)C)cc1CCNC(=O)CCl. The zero-order valence-electron chi connectivity index (χ0n) is 10.7. The van der Waals surface area contributed by atoms with Crippen molar-refractivity contribution in [1.82, 2.24) is 5.32 Å². The molecule has 0 radical (unpaired) electrons. The van der Waals surface area contributed by atoms with E-state index in [9.17, 15) is 4.79 Å². The molecule has 1 aromatic carbocycles. The fraction of sp³-hybridized carbons (Fsp3) is 0.500. The fourth-order valence-corrected chi connectivity index (χ4v) is 1.80. The third kappa shape index (κ3) is 4.39. The van der Waals surface area contributed by atoms with Gasteiger partial charge in [0, 0.05) is 6.54 Å². The molecule has 0 bridgehead atoms. The number of aryl methyl sites for hydroxylation is 1. The normalized spacial score (nSPS) is 10.6. The maximum atomic E-state index is 11.0. The van der Waals surface area contributed by atoms with Gasteiger partial charge >= 0.3 is 0 Å². The highest BCUT2D eigenvalue weighted by Gasteiger charge is 2.04. The Kier molecular flexibility index (Phi) is 5.49. The van der Waals surface area contributed by atoms with E-state index in [4.69, 9.17) is 11.6 Å². The summed E-state index contributed by atoms with van der Waals surface area (Å²) in [6.45, 7) is 7.12. The van der Waals surface area contributed by atoms with E-state index < -0.39 is 0 Å². The zero-order chi connectivity index (χ0) is 12.8. The summed E-state index contributed by atoms with van der Waals surface area (Å²) >= 11 is 5.42. The number of carbonyl (C=O) groups is 1. The van der Waals surface area contributed by atoms with E-state index in [2.05, 4.69) is 44.3 Å². The molecule has 0 aliphatic rings. The van der Waals surface area contributed by atoms with Gasteiger partial charge in [-0.25, -0.2) is 0 Å². The van der Waals surface area contributed by atoms with Crippen molar-refractivity contribution < 1.29 is 4.79 Å². The van der Waals surface area contributed by atoms with Gasteiger partial charge in [0.15, 0.2) is 0 Å². The Morgan fingerprint density at radius 2 is 2.12 bits per heavy atom. The molecule has 1 amide bonds. The van der Waals surface area contributed by atoms with Crippen LogP contribution in [0, 0.1) is 6.92 Å². The van der Waals surface area contributed by atoms with Gasteiger partial charge < -0.3 is 5.32 Å². The first-order chi connectivity index (χ1) is 8.04. The third-order valence-corrected chi connectivity index (χ3v) is 3.12. The van der Waals surface area contributed by atoms with Crippen LogP contribution in [0.1, 0.15) is 36.5 Å². The molecule has 1 rings (SSSR count). The number of nitrogens with one attached hydrogen (secondary N) is 1. The van der Waals surface area contributed by atoms with Crippen LogP contribution in [-0.4, -0.2) is 18.3 Å². The predicted molar refractivity (Wildman–Crippen MR) is 72.7 cm³/mol. The highest BCUT2D eigenvalue weighted by atomic mass is 35.5. The molecule has 1 N–H and O–H groups in total. The fourth-order valence-electron chi connectivity index (χ4n) is 1.70. The zero-order valence-corrected chi connectivity index (χ0v) is 11.5. The molecule has 0 fully saturated rings. The van der Waals surface area contributed by atoms with Crippen molar-refractivity contribution in [1.29, 1.82) is 0 Å². The number of halogens is 1. The van der Waals surface area contributed by atoms with Gasteiger partial charge in [0.1, 0.15) is 5.88 Å². The summed E-state index contributed by atoms with van der Waals surface area (Å²) < 4.78 is 0. The van der Waals surface area contributed by atoms with Crippen LogP contribution < -0.4 is 5.32 Å². The molecule has 94 valence electrons. The van der Waals surface area contributed by atoms with Gasteiger partial charge in [-0.15, -0.1) is 11.6 Å². The molecule has 0 aromatic heterocycles. The molecule has 0 unspecified atom stereocenters. The van der Waals surface area contributed by atoms with Gasteiger partial charge in [-0.1, -0.05) is 32.0 Å². The summed E-state index contributed by atoms with van der Waals surface area (Å²) in [5.74, 6) is 0.460. The maximum absolute atomic E-state index is 11.0. The Morgan fingerprint density at radius 1 is 1.41 bits per heavy atom. The summed E-state index contributed by atoms with van der Waals surface area (Å²) in [5, 5.41) is 2.79. The summed E-state index contributed by atoms with van der Waals surface area (Å²) in [4.78, 5) is 11.0. The summed E-state index contributed by atoms with van der Waals surface area (Å²) in [6.07, 6.45) is 0.856. The van der Waals surface area contributed by atoms with Gasteiger partial charge in [-0.05, 0) is 36.0 Å². The number of hydrogen-bond acceptors (Lipinski definition) is 1. The molecular weight excluding hydrogens is 234 g/mol. The summed E-state index contributed by atoms with van der Waals surface area (Å²) in [6, 6.07) is 6.54. The monoisotopic (exact) mass is 253 g/mol. The van der Waals surface area contributed by atoms with E-state index >= 15 is 0 Å². The van der Waals surface area contributed by atoms with E-state index in [1.165, 1.54) is 16.7 Å². The molecular formula is C14H20ClNO. The van der Waals surface area contributed by atoms with Crippen molar-refractivity contribution in [3.8, 4) is 0 Å². The van der Waals surface area contributed by atoms with Gasteiger partial charge in [-0.2, -0.15) is 0 Å². The Labute approximate surface area is 108 Å². The Bertz CT molecular complexity index is 388. The van der Waals surface area contributed by atoms with Crippen molar-refractivity contribution in [2.45, 2.75) is 33.1 Å². The Morgan fingerprint density at radius 3 is 2.71 bits per heavy atom. The van der Waals surface area contributed by atoms with Gasteiger partial charge in [0.25, 0.3) is 0 Å². The smallest absolute Gasteiger partial charge is 0.234 e. The number of alkyl halides is 1. The topological polar surface area (TPSA) is 29.1 Å². The van der Waals surface area contributed by atoms with Gasteiger partial charge in [0.2, 0.25) is 5.91 Å². The number of benzene rings is 1. The molecule has 0 spiro atoms. The first-order valence-electron chi connectivity index (χ1n) is 5.96. The molecule has 2 nitrogen and oxygen atoms in total. The third-order valence-electron chi connectivity index (χ3n) is 2.88. The van der Waals surface area contributed by atoms with Crippen molar-refractivity contribution in [3.63, 3.8) is 0 Å². The van der Waals surface area contributed by atoms with Crippen LogP contribution in [0.5, 0.6) is 0 Å². The number of hydrogen-bond donors (Lipinski definition) is 1. The highest BCUT2D eigenvalue weighted by Crippen LogP contribution is 2.18. The van der Waals surface area contributed by atoms with E-state index in [0.717, 1.165) is 6.42 Å². The number of carbonyl (C=O) groups excluding carboxylic acids is 1. The highest BCUT2D eigenvalue weighted by molar-refractivity contribution is 6.27. The number of rotatable bonds is 5. The second-order valence-corrected chi connectivity index (χ2v) is 4.84. The quantitative estimate of drug-likeness (QED) is 0.803. The van der Waals surface area contributed by atoms with E-state index in [0.29, 0.717) is 12.5 Å². The number of amides is 1. The van der Waals surface area contributed by atoms with Crippen molar-refractivity contribution in [3.05, 3.63) is 34.9 Å². The molecule has 1 aromatic rings. The molecule has 0 saturated carbocycles. The second kappa shape index (κ2) is 6.65. The Hall–Kier alpha value is -1.02. The van der Waals surface area contributed by atoms with E-state index in [1.54, 1.807) is 0 Å². The second-order valence-electron chi connectivity index (χ2n) is 4.57. The van der Waals surface area contributed by atoms with Crippen LogP contribution in [0.3, 0.4) is 0 Å². The average molecular weight is 254 g/mol. The van der Waals surface area contributed by atoms with E-state index in [-0.39, 0.29) is 11.8 Å². The molecule has 0 atom stereocenters. The standard InChI is InChI=1S/C14H20ClNO/c1-10(2)12-5-4-11(3)13(8-12)6-7-16-14(17)9-15/h4-5,8,10H,6-7,9H2,1-3H3,(H,16,17). The van der Waals surface area contributed by atoms with Gasteiger partial charge in [-0.3, -0.25) is 4.79 Å². The average Bonchev–Trinajstić information content (AvgIpc) is 2.30. The van der Waals surface area contributed by atoms with Crippen molar-refractivity contribution >= 4 is 17.5 Å². The first kappa shape index (κ1) is 14.0. The van der Waals surface area contributed by atoms with Crippen LogP contribution in [0.25, 0.3) is 0 Å². The minimum atomic E-state index is -0.107. The minimum Gasteiger partial charge on any atom is -0.355 e. The largest absolute Gasteiger partial charge is 0.355 e. The van der Waals surface area contributed by atoms with Crippen LogP contribution in [0.4, 0.5) is 0 Å². The van der Waals surface area contributed by atoms with Crippen LogP contribution in [-0.2, 0) is 11.2 Å². The molecule has 0 aliphatic carbocycles. The lowest BCUT2D eigenvalue weighted by atomic mass is 9.96. The Balaban J connectivity index is 2.63. The molecule has 0 aliphatic heterocycles. The summed E-state index contributed by atoms with van der Waals surface area (Å²) in [5.41, 5.74) is 3.91. The van der Waals surface area contributed by atoms with Crippen LogP contribution >= 0.6 is 11.6 Å². The van der Waals surface area contributed by atoms with Crippen molar-refractivity contribution in [2.24, 2.45) is 0 Å². The lowest BCUT2D eigenvalue weighted by molar-refractivity contribution is -0.118. The maximum Gasteiger partial charge on any atom is 0.234 e. The molecule has 0 saturated heterocycles. The predicted octanol–water partition coefficient (Wildman–Crippen LogP) is 3.02. The molecule has 0 heterocycles. The van der Waals surface area contributed by atoms with Gasteiger partial charge in [0.05, 0.1) is 0 Å². The first-order valence-corrected chi connectivity index (χ1v) is 6.50. The lowest BCUT2D eigenvalue weighted by Crippen LogP contribution is -2.26. The minimum absolute atomic E-state index is 0.0328. The molecule has 17 heavy (non-hydrogen) atoms. The van der Waals surface area contributed by atoms with Crippen molar-refractivity contribution in [2.75, 3.05) is 12.4 Å². The lowest BCUT2D eigenvalue weighted by Gasteiger charge is -2.11. The van der Waals surface area contributed by atoms with E-state index in [1.807, 2.05) is 0 Å². The van der Waals surface area contributed by atoms with Crippen LogP contribution in [0.15, 0.2) is 18.2 Å².